The van der Waals surface area contributed by atoms with Gasteiger partial charge in [-0.2, -0.15) is 0 Å². The first kappa shape index (κ1) is 7.77. The zero-order chi connectivity index (χ0) is 5.70. The summed E-state index contributed by atoms with van der Waals surface area (Å²) >= 11 is 10.8. The van der Waals surface area contributed by atoms with E-state index in [1.54, 1.807) is 0 Å². The predicted molar refractivity (Wildman–Crippen MR) is 43.1 cm³/mol. The summed E-state index contributed by atoms with van der Waals surface area (Å²) in [4.78, 5) is -0.153. The topological polar surface area (TPSA) is 0 Å². The molecule has 0 aliphatic carbocycles. The van der Waals surface area contributed by atoms with Crippen molar-refractivity contribution in [1.82, 2.24) is 0 Å². The minimum atomic E-state index is -0.153. The van der Waals surface area contributed by atoms with Gasteiger partial charge in [-0.3, -0.25) is 0 Å². The maximum Gasteiger partial charge on any atom is 0.100 e. The molecule has 38 valence electrons. The third kappa shape index (κ3) is 6.77. The van der Waals surface area contributed by atoms with E-state index < -0.39 is 0 Å². The van der Waals surface area contributed by atoms with E-state index in [-0.39, 0.29) is 4.84 Å². The van der Waals surface area contributed by atoms with Crippen LogP contribution in [0.2, 0.25) is 6.32 Å². The quantitative estimate of drug-likeness (QED) is 0.362. The van der Waals surface area contributed by atoms with Crippen LogP contribution in [0.25, 0.3) is 0 Å². The molecule has 0 N–H and O–H groups in total. The molecular formula is C2H7B3Cl2. The van der Waals surface area contributed by atoms with Crippen LogP contribution in [0.3, 0.4) is 0 Å². The summed E-state index contributed by atoms with van der Waals surface area (Å²) < 4.78 is 0. The number of halogens is 2. The normalized spacial score (nSPS) is 9.00. The van der Waals surface area contributed by atoms with Gasteiger partial charge < -0.3 is 0 Å². The Hall–Kier alpha value is 0.775. The second-order valence-corrected chi connectivity index (χ2v) is 2.81. The summed E-state index contributed by atoms with van der Waals surface area (Å²) in [7, 11) is 4.43. The van der Waals surface area contributed by atoms with Gasteiger partial charge in [-0.1, -0.05) is 6.32 Å². The molecule has 0 heterocycles. The van der Waals surface area contributed by atoms with Gasteiger partial charge in [0.05, 0.1) is 22.0 Å². The molecule has 0 aromatic heterocycles. The summed E-state index contributed by atoms with van der Waals surface area (Å²) in [5.41, 5.74) is 0. The van der Waals surface area contributed by atoms with Crippen molar-refractivity contribution in [3.63, 3.8) is 0 Å². The molecule has 0 aromatic rings. The van der Waals surface area contributed by atoms with E-state index in [1.165, 1.54) is 7.06 Å². The molecule has 0 unspecified atom stereocenters. The summed E-state index contributed by atoms with van der Waals surface area (Å²) in [6.45, 7) is 0. The average Bonchev–Trinajstić information content (AvgIpc) is 1.61. The second kappa shape index (κ2) is 4.92. The van der Waals surface area contributed by atoms with Crippen LogP contribution >= 0.6 is 23.2 Å². The molecule has 0 fully saturated rings. The minimum Gasteiger partial charge on any atom is -0.106 e. The molecule has 7 heavy (non-hydrogen) atoms. The zero-order valence-electron chi connectivity index (χ0n) is 4.45. The van der Waals surface area contributed by atoms with Gasteiger partial charge in [0.15, 0.2) is 0 Å². The number of hydrogen-bond donors (Lipinski definition) is 0. The maximum atomic E-state index is 5.42. The Morgan fingerprint density at radius 1 is 1.57 bits per heavy atom. The third-order valence-corrected chi connectivity index (χ3v) is 1.21. The molecule has 0 aliphatic rings. The summed E-state index contributed by atoms with van der Waals surface area (Å²) in [6.07, 6.45) is 0.930. The highest BCUT2D eigenvalue weighted by molar-refractivity contribution is 7.24. The van der Waals surface area contributed by atoms with Crippen LogP contribution in [0.4, 0.5) is 0 Å². The SMILES string of the molecule is BBBCC(Cl)Cl. The third-order valence-electron chi connectivity index (χ3n) is 0.776. The lowest BCUT2D eigenvalue weighted by molar-refractivity contribution is 1.37. The van der Waals surface area contributed by atoms with Gasteiger partial charge >= 0.3 is 0 Å². The molecule has 0 bridgehead atoms. The fourth-order valence-corrected chi connectivity index (χ4v) is 0.667. The van der Waals surface area contributed by atoms with Crippen LogP contribution in [0.15, 0.2) is 0 Å². The fourth-order valence-electron chi connectivity index (χ4n) is 0.358. The Kier molecular flexibility index (Phi) is 5.47. The Morgan fingerprint density at radius 2 is 2.14 bits per heavy atom. The smallest absolute Gasteiger partial charge is 0.100 e. The number of alkyl halides is 2. The van der Waals surface area contributed by atoms with Crippen LogP contribution in [0.1, 0.15) is 0 Å². The van der Waals surface area contributed by atoms with E-state index >= 15 is 0 Å². The zero-order valence-corrected chi connectivity index (χ0v) is 5.97. The summed E-state index contributed by atoms with van der Waals surface area (Å²) in [6, 6.07) is 0. The molecule has 0 amide bonds. The molecule has 0 aromatic carbocycles. The van der Waals surface area contributed by atoms with E-state index in [1.807, 2.05) is 0 Å². The predicted octanol–water partition coefficient (Wildman–Crippen LogP) is -0.456. The van der Waals surface area contributed by atoms with Crippen molar-refractivity contribution in [2.75, 3.05) is 0 Å². The fraction of sp³-hybridized carbons (Fsp3) is 1.00. The van der Waals surface area contributed by atoms with E-state index in [0.29, 0.717) is 0 Å². The van der Waals surface area contributed by atoms with Crippen LogP contribution in [-0.2, 0) is 0 Å². The van der Waals surface area contributed by atoms with E-state index in [2.05, 4.69) is 7.74 Å². The molecule has 0 atom stereocenters. The molecule has 0 radical (unpaired) electrons. The maximum absolute atomic E-state index is 5.42. The lowest BCUT2D eigenvalue weighted by Crippen LogP contribution is -2.05. The Morgan fingerprint density at radius 3 is 2.29 bits per heavy atom. The molecule has 0 nitrogen and oxygen atoms in total. The summed E-state index contributed by atoms with van der Waals surface area (Å²) in [5, 5.41) is 0. The van der Waals surface area contributed by atoms with E-state index in [4.69, 9.17) is 23.2 Å². The monoisotopic (exact) mass is 134 g/mol. The summed E-state index contributed by atoms with van der Waals surface area (Å²) in [5.74, 6) is 0. The highest BCUT2D eigenvalue weighted by atomic mass is 35.5. The number of rotatable bonds is 3. The second-order valence-electron chi connectivity index (χ2n) is 1.53. The highest BCUT2D eigenvalue weighted by Gasteiger charge is 1.96. The van der Waals surface area contributed by atoms with Gasteiger partial charge in [0.25, 0.3) is 0 Å². The van der Waals surface area contributed by atoms with Crippen LogP contribution in [0, 0.1) is 0 Å². The first-order chi connectivity index (χ1) is 3.27. The molecular weight excluding hydrogens is 127 g/mol. The Labute approximate surface area is 56.8 Å². The van der Waals surface area contributed by atoms with Gasteiger partial charge in [0, 0.05) is 0 Å². The number of hydrogen-bond acceptors (Lipinski definition) is 0. The van der Waals surface area contributed by atoms with Crippen molar-refractivity contribution in [1.29, 1.82) is 0 Å². The Balaban J connectivity index is 2.68. The first-order valence-electron chi connectivity index (χ1n) is 2.55. The lowest BCUT2D eigenvalue weighted by Gasteiger charge is -1.91. The molecule has 5 heteroatoms. The van der Waals surface area contributed by atoms with Gasteiger partial charge in [-0.15, -0.1) is 23.2 Å². The van der Waals surface area contributed by atoms with E-state index in [9.17, 15) is 0 Å². The van der Waals surface area contributed by atoms with Crippen molar-refractivity contribution < 1.29 is 0 Å². The van der Waals surface area contributed by atoms with Crippen molar-refractivity contribution in [3.8, 4) is 0 Å². The van der Waals surface area contributed by atoms with Crippen molar-refractivity contribution in [3.05, 3.63) is 0 Å². The standard InChI is InChI=1S/C2H7B3Cl2/c3-5-4-1-2(6)7/h2,4-5H,1,3H2. The van der Waals surface area contributed by atoms with Crippen molar-refractivity contribution in [2.45, 2.75) is 11.2 Å². The van der Waals surface area contributed by atoms with Gasteiger partial charge in [-0.05, 0) is 0 Å². The molecule has 0 spiro atoms. The minimum absolute atomic E-state index is 0.153. The average molecular weight is 134 g/mol. The van der Waals surface area contributed by atoms with Crippen molar-refractivity contribution in [2.24, 2.45) is 0 Å². The van der Waals surface area contributed by atoms with Crippen LogP contribution in [0.5, 0.6) is 0 Å². The molecule has 0 saturated carbocycles. The van der Waals surface area contributed by atoms with Crippen LogP contribution in [-0.4, -0.2) is 26.8 Å². The largest absolute Gasteiger partial charge is 0.106 e. The molecule has 0 saturated heterocycles. The first-order valence-corrected chi connectivity index (χ1v) is 3.42. The molecule has 0 rings (SSSR count). The van der Waals surface area contributed by atoms with Gasteiger partial charge in [-0.25, -0.2) is 0 Å². The van der Waals surface area contributed by atoms with Gasteiger partial charge in [0.1, 0.15) is 4.84 Å². The highest BCUT2D eigenvalue weighted by Crippen LogP contribution is 2.04. The molecule has 0 aliphatic heterocycles. The Bertz CT molecular complexity index is 39.9. The van der Waals surface area contributed by atoms with E-state index in [0.717, 1.165) is 13.5 Å². The van der Waals surface area contributed by atoms with Gasteiger partial charge in [0.2, 0.25) is 0 Å². The lowest BCUT2D eigenvalue weighted by atomic mass is 9.27. The van der Waals surface area contributed by atoms with Crippen molar-refractivity contribution >= 4 is 45.2 Å². The van der Waals surface area contributed by atoms with Crippen LogP contribution < -0.4 is 0 Å².